The zero-order valence-corrected chi connectivity index (χ0v) is 7.84. The molecule has 0 amide bonds. The van der Waals surface area contributed by atoms with E-state index in [-0.39, 0.29) is 0 Å². The Morgan fingerprint density at radius 2 is 2.08 bits per heavy atom. The summed E-state index contributed by atoms with van der Waals surface area (Å²) < 4.78 is 0. The molecule has 0 atom stereocenters. The number of hydrogen-bond donors (Lipinski definition) is 1. The van der Waals surface area contributed by atoms with Crippen LogP contribution in [0.5, 0.6) is 0 Å². The number of terminal acetylenes is 1. The Morgan fingerprint density at radius 3 is 2.50 bits per heavy atom. The van der Waals surface area contributed by atoms with E-state index in [0.29, 0.717) is 0 Å². The van der Waals surface area contributed by atoms with Crippen molar-refractivity contribution < 1.29 is 5.11 Å². The summed E-state index contributed by atoms with van der Waals surface area (Å²) in [7, 11) is 0. The molecule has 0 radical (unpaired) electrons. The van der Waals surface area contributed by atoms with Crippen LogP contribution in [-0.2, 0) is 0 Å². The molecule has 0 aromatic rings. The Balaban J connectivity index is 2.35. The van der Waals surface area contributed by atoms with Gasteiger partial charge in [0.05, 0.1) is 0 Å². The first-order chi connectivity index (χ1) is 5.70. The van der Waals surface area contributed by atoms with Gasteiger partial charge in [-0.2, -0.15) is 0 Å². The van der Waals surface area contributed by atoms with Crippen molar-refractivity contribution in [3.63, 3.8) is 0 Å². The highest BCUT2D eigenvalue weighted by molar-refractivity contribution is 5.08. The van der Waals surface area contributed by atoms with Crippen LogP contribution in [0, 0.1) is 18.3 Å². The second kappa shape index (κ2) is 3.96. The zero-order valence-electron chi connectivity index (χ0n) is 7.84. The van der Waals surface area contributed by atoms with Crippen LogP contribution in [-0.4, -0.2) is 10.7 Å². The van der Waals surface area contributed by atoms with E-state index in [1.54, 1.807) is 0 Å². The molecule has 1 heteroatoms. The number of rotatable bonds is 2. The molecule has 0 saturated heterocycles. The van der Waals surface area contributed by atoms with E-state index in [9.17, 15) is 5.11 Å². The fourth-order valence-electron chi connectivity index (χ4n) is 2.00. The van der Waals surface area contributed by atoms with Crippen LogP contribution in [0.2, 0.25) is 0 Å². The molecule has 0 spiro atoms. The molecular weight excluding hydrogens is 148 g/mol. The van der Waals surface area contributed by atoms with Gasteiger partial charge in [0.2, 0.25) is 0 Å². The maximum Gasteiger partial charge on any atom is 0.125 e. The van der Waals surface area contributed by atoms with Crippen LogP contribution >= 0.6 is 0 Å². The van der Waals surface area contributed by atoms with Gasteiger partial charge in [0.1, 0.15) is 5.60 Å². The molecular formula is C11H18O. The summed E-state index contributed by atoms with van der Waals surface area (Å²) in [6.07, 6.45) is 11.6. The van der Waals surface area contributed by atoms with Crippen molar-refractivity contribution in [1.82, 2.24) is 0 Å². The summed E-state index contributed by atoms with van der Waals surface area (Å²) in [5, 5.41) is 9.73. The largest absolute Gasteiger partial charge is 0.378 e. The Bertz CT molecular complexity index is 170. The van der Waals surface area contributed by atoms with Gasteiger partial charge in [-0.15, -0.1) is 6.42 Å². The topological polar surface area (TPSA) is 20.2 Å². The predicted octanol–water partition coefficient (Wildman–Crippen LogP) is 2.34. The number of hydrogen-bond acceptors (Lipinski definition) is 1. The normalized spacial score (nSPS) is 35.9. The fourth-order valence-corrected chi connectivity index (χ4v) is 2.00. The van der Waals surface area contributed by atoms with Crippen molar-refractivity contribution in [2.75, 3.05) is 0 Å². The van der Waals surface area contributed by atoms with Gasteiger partial charge in [-0.3, -0.25) is 0 Å². The first-order valence-electron chi connectivity index (χ1n) is 4.90. The summed E-state index contributed by atoms with van der Waals surface area (Å²) in [6, 6.07) is 0. The van der Waals surface area contributed by atoms with Crippen molar-refractivity contribution in [2.24, 2.45) is 5.92 Å². The van der Waals surface area contributed by atoms with Crippen LogP contribution in [0.15, 0.2) is 0 Å². The Hall–Kier alpha value is -0.480. The molecule has 0 heterocycles. The highest BCUT2D eigenvalue weighted by Gasteiger charge is 2.30. The van der Waals surface area contributed by atoms with Gasteiger partial charge in [0.15, 0.2) is 0 Å². The Morgan fingerprint density at radius 1 is 1.50 bits per heavy atom. The van der Waals surface area contributed by atoms with Crippen molar-refractivity contribution in [3.05, 3.63) is 0 Å². The summed E-state index contributed by atoms with van der Waals surface area (Å²) in [5.74, 6) is 3.31. The lowest BCUT2D eigenvalue weighted by Crippen LogP contribution is -2.32. The molecule has 0 aliphatic heterocycles. The van der Waals surface area contributed by atoms with Crippen LogP contribution in [0.1, 0.15) is 45.4 Å². The lowest BCUT2D eigenvalue weighted by atomic mass is 9.78. The Labute approximate surface area is 75.2 Å². The zero-order chi connectivity index (χ0) is 9.03. The first kappa shape index (κ1) is 9.61. The van der Waals surface area contributed by atoms with Crippen LogP contribution in [0.25, 0.3) is 0 Å². The van der Waals surface area contributed by atoms with Gasteiger partial charge in [-0.1, -0.05) is 25.7 Å². The van der Waals surface area contributed by atoms with Crippen molar-refractivity contribution in [1.29, 1.82) is 0 Å². The predicted molar refractivity (Wildman–Crippen MR) is 50.6 cm³/mol. The second-order valence-electron chi connectivity index (χ2n) is 3.91. The van der Waals surface area contributed by atoms with E-state index < -0.39 is 5.60 Å². The van der Waals surface area contributed by atoms with Crippen molar-refractivity contribution >= 4 is 0 Å². The van der Waals surface area contributed by atoms with Gasteiger partial charge in [-0.05, 0) is 31.6 Å². The lowest BCUT2D eigenvalue weighted by molar-refractivity contribution is 0.0429. The molecule has 1 saturated carbocycles. The van der Waals surface area contributed by atoms with Gasteiger partial charge < -0.3 is 5.11 Å². The molecule has 1 N–H and O–H groups in total. The summed E-state index contributed by atoms with van der Waals surface area (Å²) in [5.41, 5.74) is -0.774. The molecule has 1 fully saturated rings. The third-order valence-corrected chi connectivity index (χ3v) is 2.90. The van der Waals surface area contributed by atoms with Crippen LogP contribution in [0.3, 0.4) is 0 Å². The van der Waals surface area contributed by atoms with Gasteiger partial charge in [0.25, 0.3) is 0 Å². The quantitative estimate of drug-likeness (QED) is 0.624. The van der Waals surface area contributed by atoms with Crippen LogP contribution in [0.4, 0.5) is 0 Å². The van der Waals surface area contributed by atoms with Gasteiger partial charge in [0, 0.05) is 0 Å². The molecule has 1 aliphatic carbocycles. The monoisotopic (exact) mass is 166 g/mol. The minimum atomic E-state index is -0.774. The second-order valence-corrected chi connectivity index (χ2v) is 3.91. The summed E-state index contributed by atoms with van der Waals surface area (Å²) in [4.78, 5) is 0. The van der Waals surface area contributed by atoms with Gasteiger partial charge >= 0.3 is 0 Å². The van der Waals surface area contributed by atoms with Crippen molar-refractivity contribution in [2.45, 2.75) is 51.0 Å². The van der Waals surface area contributed by atoms with E-state index in [0.717, 1.165) is 31.6 Å². The molecule has 1 nitrogen and oxygen atoms in total. The smallest absolute Gasteiger partial charge is 0.125 e. The molecule has 12 heavy (non-hydrogen) atoms. The summed E-state index contributed by atoms with van der Waals surface area (Å²) >= 11 is 0. The highest BCUT2D eigenvalue weighted by Crippen LogP contribution is 2.33. The molecule has 0 bridgehead atoms. The maximum absolute atomic E-state index is 9.73. The SMILES string of the molecule is C#CC1(O)CCC(CCC)CC1. The average molecular weight is 166 g/mol. The molecule has 0 aromatic heterocycles. The molecule has 0 unspecified atom stereocenters. The minimum absolute atomic E-state index is 0.774. The fraction of sp³-hybridized carbons (Fsp3) is 0.818. The van der Waals surface area contributed by atoms with Gasteiger partial charge in [-0.25, -0.2) is 0 Å². The lowest BCUT2D eigenvalue weighted by Gasteiger charge is -2.31. The van der Waals surface area contributed by atoms with E-state index in [1.165, 1.54) is 12.8 Å². The Kier molecular flexibility index (Phi) is 3.17. The summed E-state index contributed by atoms with van der Waals surface area (Å²) in [6.45, 7) is 2.21. The number of aliphatic hydroxyl groups is 1. The standard InChI is InChI=1S/C11H18O/c1-3-5-10-6-8-11(12,4-2)9-7-10/h2,10,12H,3,5-9H2,1H3. The van der Waals surface area contributed by atoms with E-state index in [1.807, 2.05) is 0 Å². The van der Waals surface area contributed by atoms with E-state index >= 15 is 0 Å². The minimum Gasteiger partial charge on any atom is -0.378 e. The molecule has 0 aromatic carbocycles. The first-order valence-corrected chi connectivity index (χ1v) is 4.90. The van der Waals surface area contributed by atoms with E-state index in [4.69, 9.17) is 6.42 Å². The third kappa shape index (κ3) is 2.25. The molecule has 1 rings (SSSR count). The third-order valence-electron chi connectivity index (χ3n) is 2.90. The highest BCUT2D eigenvalue weighted by atomic mass is 16.3. The van der Waals surface area contributed by atoms with E-state index in [2.05, 4.69) is 12.8 Å². The molecule has 68 valence electrons. The maximum atomic E-state index is 9.73. The molecule has 1 aliphatic rings. The van der Waals surface area contributed by atoms with Crippen molar-refractivity contribution in [3.8, 4) is 12.3 Å². The van der Waals surface area contributed by atoms with Crippen LogP contribution < -0.4 is 0 Å². The average Bonchev–Trinajstić information content (AvgIpc) is 2.10.